The lowest BCUT2D eigenvalue weighted by molar-refractivity contribution is 0.215. The van der Waals surface area contributed by atoms with E-state index in [1.165, 1.54) is 5.56 Å². The molecule has 0 spiro atoms. The molecule has 1 rings (SSSR count). The first-order chi connectivity index (χ1) is 10.1. The van der Waals surface area contributed by atoms with E-state index in [1.54, 1.807) is 0 Å². The molecule has 0 heterocycles. The third-order valence-electron chi connectivity index (χ3n) is 3.22. The second kappa shape index (κ2) is 11.6. The summed E-state index contributed by atoms with van der Waals surface area (Å²) in [6.45, 7) is 12.8. The number of guanidine groups is 1. The van der Waals surface area contributed by atoms with Crippen LogP contribution in [0.2, 0.25) is 0 Å². The summed E-state index contributed by atoms with van der Waals surface area (Å²) >= 11 is 0. The van der Waals surface area contributed by atoms with Crippen LogP contribution >= 0.6 is 24.0 Å². The number of rotatable bonds is 7. The van der Waals surface area contributed by atoms with Gasteiger partial charge in [-0.2, -0.15) is 0 Å². The van der Waals surface area contributed by atoms with E-state index in [0.29, 0.717) is 6.54 Å². The quantitative estimate of drug-likeness (QED) is 0.401. The number of ether oxygens (including phenoxy) is 1. The lowest BCUT2D eigenvalue weighted by atomic mass is 10.1. The number of aryl methyl sites for hydroxylation is 1. The van der Waals surface area contributed by atoms with Gasteiger partial charge in [0.2, 0.25) is 0 Å². The Labute approximate surface area is 152 Å². The lowest BCUT2D eigenvalue weighted by Crippen LogP contribution is -2.37. The normalized spacial score (nSPS) is 11.1. The largest absolute Gasteiger partial charge is 0.490 e. The topological polar surface area (TPSA) is 45.7 Å². The predicted molar refractivity (Wildman–Crippen MR) is 105 cm³/mol. The Hall–Kier alpha value is -0.980. The van der Waals surface area contributed by atoms with Crippen molar-refractivity contribution in [3.63, 3.8) is 0 Å². The fraction of sp³-hybridized carbons (Fsp3) is 0.588. The summed E-state index contributed by atoms with van der Waals surface area (Å²) in [5.74, 6) is 1.79. The van der Waals surface area contributed by atoms with Crippen LogP contribution in [0, 0.1) is 6.92 Å². The highest BCUT2D eigenvalue weighted by molar-refractivity contribution is 14.0. The molecule has 0 radical (unpaired) electrons. The number of benzene rings is 1. The number of halogens is 1. The Bertz CT molecular complexity index is 455. The first kappa shape index (κ1) is 21.0. The molecular weight excluding hydrogens is 389 g/mol. The molecule has 4 nitrogen and oxygen atoms in total. The molecule has 1 unspecified atom stereocenters. The molecule has 0 aromatic heterocycles. The summed E-state index contributed by atoms with van der Waals surface area (Å²) in [6.07, 6.45) is 1.22. The number of aliphatic imine (C=N–C) groups is 1. The molecule has 1 aromatic carbocycles. The molecule has 1 aromatic rings. The Morgan fingerprint density at radius 1 is 1.18 bits per heavy atom. The van der Waals surface area contributed by atoms with Gasteiger partial charge in [0.1, 0.15) is 5.75 Å². The lowest BCUT2D eigenvalue weighted by Gasteiger charge is -2.16. The maximum Gasteiger partial charge on any atom is 0.191 e. The molecule has 22 heavy (non-hydrogen) atoms. The van der Waals surface area contributed by atoms with Crippen molar-refractivity contribution in [1.82, 2.24) is 10.6 Å². The summed E-state index contributed by atoms with van der Waals surface area (Å²) in [5.41, 5.74) is 2.33. The van der Waals surface area contributed by atoms with Crippen LogP contribution in [0.5, 0.6) is 5.75 Å². The second-order valence-corrected chi connectivity index (χ2v) is 5.17. The summed E-state index contributed by atoms with van der Waals surface area (Å²) in [7, 11) is 0. The zero-order valence-corrected chi connectivity index (χ0v) is 16.7. The van der Waals surface area contributed by atoms with E-state index in [9.17, 15) is 0 Å². The third kappa shape index (κ3) is 7.33. The Balaban J connectivity index is 0.00000441. The molecule has 0 bridgehead atoms. The van der Waals surface area contributed by atoms with E-state index in [0.717, 1.165) is 36.8 Å². The second-order valence-electron chi connectivity index (χ2n) is 5.17. The highest BCUT2D eigenvalue weighted by Gasteiger charge is 2.08. The van der Waals surface area contributed by atoms with Crippen LogP contribution in [0.3, 0.4) is 0 Å². The minimum atomic E-state index is 0. The van der Waals surface area contributed by atoms with Crippen molar-refractivity contribution in [2.45, 2.75) is 53.7 Å². The molecule has 0 saturated carbocycles. The maximum absolute atomic E-state index is 6.02. The smallest absolute Gasteiger partial charge is 0.191 e. The van der Waals surface area contributed by atoms with Crippen LogP contribution in [0.4, 0.5) is 0 Å². The Kier molecular flexibility index (Phi) is 11.1. The fourth-order valence-corrected chi connectivity index (χ4v) is 1.88. The van der Waals surface area contributed by atoms with Gasteiger partial charge < -0.3 is 15.4 Å². The van der Waals surface area contributed by atoms with Crippen molar-refractivity contribution in [3.05, 3.63) is 29.3 Å². The highest BCUT2D eigenvalue weighted by atomic mass is 127. The van der Waals surface area contributed by atoms with Crippen molar-refractivity contribution in [1.29, 1.82) is 0 Å². The SMILES string of the molecule is CCNC(=NCc1ccc(C)cc1OC(C)CC)NCC.I. The first-order valence-corrected chi connectivity index (χ1v) is 7.89. The van der Waals surface area contributed by atoms with E-state index >= 15 is 0 Å². The first-order valence-electron chi connectivity index (χ1n) is 7.89. The van der Waals surface area contributed by atoms with Crippen molar-refractivity contribution < 1.29 is 4.74 Å². The fourth-order valence-electron chi connectivity index (χ4n) is 1.88. The van der Waals surface area contributed by atoms with Crippen LogP contribution < -0.4 is 15.4 Å². The monoisotopic (exact) mass is 419 g/mol. The van der Waals surface area contributed by atoms with Gasteiger partial charge in [-0.25, -0.2) is 4.99 Å². The average Bonchev–Trinajstić information content (AvgIpc) is 2.46. The van der Waals surface area contributed by atoms with Gasteiger partial charge in [-0.1, -0.05) is 19.1 Å². The van der Waals surface area contributed by atoms with Gasteiger partial charge in [0, 0.05) is 18.7 Å². The minimum absolute atomic E-state index is 0. The van der Waals surface area contributed by atoms with E-state index in [4.69, 9.17) is 4.74 Å². The van der Waals surface area contributed by atoms with Gasteiger partial charge in [0.25, 0.3) is 0 Å². The van der Waals surface area contributed by atoms with Gasteiger partial charge in [-0.3, -0.25) is 0 Å². The van der Waals surface area contributed by atoms with Crippen LogP contribution in [-0.2, 0) is 6.54 Å². The van der Waals surface area contributed by atoms with Gasteiger partial charge in [-0.15, -0.1) is 24.0 Å². The summed E-state index contributed by atoms with van der Waals surface area (Å²) in [6, 6.07) is 6.30. The van der Waals surface area contributed by atoms with Crippen molar-refractivity contribution in [2.24, 2.45) is 4.99 Å². The van der Waals surface area contributed by atoms with Gasteiger partial charge in [0.15, 0.2) is 5.96 Å². The average molecular weight is 419 g/mol. The van der Waals surface area contributed by atoms with E-state index in [2.05, 4.69) is 68.4 Å². The molecule has 126 valence electrons. The molecule has 0 aliphatic heterocycles. The maximum atomic E-state index is 6.02. The third-order valence-corrected chi connectivity index (χ3v) is 3.22. The van der Waals surface area contributed by atoms with Crippen molar-refractivity contribution in [3.8, 4) is 5.75 Å². The number of hydrogen-bond donors (Lipinski definition) is 2. The van der Waals surface area contributed by atoms with Gasteiger partial charge in [0.05, 0.1) is 12.6 Å². The highest BCUT2D eigenvalue weighted by Crippen LogP contribution is 2.23. The molecule has 0 saturated heterocycles. The molecule has 0 aliphatic rings. The number of nitrogens with one attached hydrogen (secondary N) is 2. The zero-order valence-electron chi connectivity index (χ0n) is 14.4. The molecule has 0 amide bonds. The summed E-state index contributed by atoms with van der Waals surface area (Å²) < 4.78 is 6.02. The van der Waals surface area contributed by atoms with Crippen LogP contribution in [0.15, 0.2) is 23.2 Å². The van der Waals surface area contributed by atoms with E-state index in [-0.39, 0.29) is 30.1 Å². The van der Waals surface area contributed by atoms with Gasteiger partial charge in [-0.05, 0) is 45.7 Å². The van der Waals surface area contributed by atoms with Crippen LogP contribution in [0.1, 0.15) is 45.2 Å². The molecule has 1 atom stereocenters. The zero-order chi connectivity index (χ0) is 15.7. The standard InChI is InChI=1S/C17H29N3O.HI/c1-6-14(5)21-16-11-13(4)9-10-15(16)12-20-17(18-7-2)19-8-3;/h9-11,14H,6-8,12H2,1-5H3,(H2,18,19,20);1H. The molecule has 5 heteroatoms. The summed E-state index contributed by atoms with van der Waals surface area (Å²) in [5, 5.41) is 6.47. The molecule has 2 N–H and O–H groups in total. The van der Waals surface area contributed by atoms with Crippen LogP contribution in [-0.4, -0.2) is 25.2 Å². The molecule has 0 fully saturated rings. The summed E-state index contributed by atoms with van der Waals surface area (Å²) in [4.78, 5) is 4.61. The van der Waals surface area contributed by atoms with E-state index in [1.807, 2.05) is 0 Å². The minimum Gasteiger partial charge on any atom is -0.490 e. The molecule has 0 aliphatic carbocycles. The molecular formula is C17H30IN3O. The van der Waals surface area contributed by atoms with Crippen molar-refractivity contribution >= 4 is 29.9 Å². The van der Waals surface area contributed by atoms with Crippen molar-refractivity contribution in [2.75, 3.05) is 13.1 Å². The Morgan fingerprint density at radius 2 is 1.82 bits per heavy atom. The van der Waals surface area contributed by atoms with E-state index < -0.39 is 0 Å². The number of hydrogen-bond acceptors (Lipinski definition) is 2. The van der Waals surface area contributed by atoms with Gasteiger partial charge >= 0.3 is 0 Å². The predicted octanol–water partition coefficient (Wildman–Crippen LogP) is 3.87. The van der Waals surface area contributed by atoms with Crippen LogP contribution in [0.25, 0.3) is 0 Å². The number of nitrogens with zero attached hydrogens (tertiary/aromatic N) is 1. The Morgan fingerprint density at radius 3 is 2.36 bits per heavy atom.